The summed E-state index contributed by atoms with van der Waals surface area (Å²) in [4.78, 5) is 2.37. The smallest absolute Gasteiger partial charge is 0.0642 e. The van der Waals surface area contributed by atoms with Crippen LogP contribution >= 0.6 is 11.6 Å². The second-order valence-electron chi connectivity index (χ2n) is 3.78. The molecule has 0 aromatic heterocycles. The van der Waals surface area contributed by atoms with Crippen molar-refractivity contribution in [2.75, 3.05) is 11.4 Å². The largest absolute Gasteiger partial charge is 0.367 e. The van der Waals surface area contributed by atoms with Gasteiger partial charge in [0.25, 0.3) is 0 Å². The molecule has 0 saturated carbocycles. The minimum absolute atomic E-state index is 0.543. The van der Waals surface area contributed by atoms with E-state index in [1.54, 1.807) is 0 Å². The van der Waals surface area contributed by atoms with Gasteiger partial charge in [0.1, 0.15) is 0 Å². The van der Waals surface area contributed by atoms with Gasteiger partial charge in [0, 0.05) is 12.6 Å². The molecule has 1 aromatic carbocycles. The normalized spacial score (nSPS) is 15.2. The molecule has 1 aromatic rings. The number of benzene rings is 1. The third-order valence-electron chi connectivity index (χ3n) is 2.60. The van der Waals surface area contributed by atoms with Crippen molar-refractivity contribution < 1.29 is 0 Å². The lowest BCUT2D eigenvalue weighted by Crippen LogP contribution is -2.28. The Balaban J connectivity index is 2.46. The Morgan fingerprint density at radius 1 is 1.38 bits per heavy atom. The topological polar surface area (TPSA) is 3.24 Å². The maximum atomic E-state index is 6.17. The van der Waals surface area contributed by atoms with Gasteiger partial charge in [-0.05, 0) is 31.9 Å². The highest BCUT2D eigenvalue weighted by molar-refractivity contribution is 6.33. The van der Waals surface area contributed by atoms with Crippen LogP contribution in [0, 0.1) is 0 Å². The molecule has 0 fully saturated rings. The number of hydrogen-bond acceptors (Lipinski definition) is 1. The van der Waals surface area contributed by atoms with E-state index in [1.165, 1.54) is 11.3 Å². The Bertz CT molecular complexity index is 320. The first kappa shape index (κ1) is 8.89. The molecule has 2 heteroatoms. The molecule has 1 aliphatic heterocycles. The minimum Gasteiger partial charge on any atom is -0.367 e. The summed E-state index contributed by atoms with van der Waals surface area (Å²) in [5.74, 6) is 0. The molecule has 2 rings (SSSR count). The van der Waals surface area contributed by atoms with Crippen molar-refractivity contribution in [2.45, 2.75) is 26.3 Å². The van der Waals surface area contributed by atoms with Crippen molar-refractivity contribution in [3.63, 3.8) is 0 Å². The molecule has 13 heavy (non-hydrogen) atoms. The highest BCUT2D eigenvalue weighted by Gasteiger charge is 2.22. The van der Waals surface area contributed by atoms with Gasteiger partial charge in [0.2, 0.25) is 0 Å². The Labute approximate surface area is 84.3 Å². The third kappa shape index (κ3) is 1.42. The van der Waals surface area contributed by atoms with Crippen molar-refractivity contribution in [1.29, 1.82) is 0 Å². The summed E-state index contributed by atoms with van der Waals surface area (Å²) in [5.41, 5.74) is 2.64. The lowest BCUT2D eigenvalue weighted by Gasteiger charge is -2.24. The van der Waals surface area contributed by atoms with E-state index in [1.807, 2.05) is 12.1 Å². The van der Waals surface area contributed by atoms with Gasteiger partial charge >= 0.3 is 0 Å². The van der Waals surface area contributed by atoms with Gasteiger partial charge < -0.3 is 4.90 Å². The molecule has 0 saturated heterocycles. The number of anilines is 1. The average molecular weight is 196 g/mol. The standard InChI is InChI=1S/C11H14ClN/c1-8(2)13-7-6-9-4-3-5-10(12)11(9)13/h3-5,8H,6-7H2,1-2H3. The first-order valence-corrected chi connectivity index (χ1v) is 5.12. The van der Waals surface area contributed by atoms with Gasteiger partial charge in [-0.3, -0.25) is 0 Å². The molecule has 0 amide bonds. The number of para-hydroxylation sites is 1. The number of hydrogen-bond donors (Lipinski definition) is 0. The van der Waals surface area contributed by atoms with Crippen LogP contribution in [0.5, 0.6) is 0 Å². The first-order chi connectivity index (χ1) is 6.20. The fourth-order valence-corrected chi connectivity index (χ4v) is 2.26. The molecule has 0 unspecified atom stereocenters. The minimum atomic E-state index is 0.543. The summed E-state index contributed by atoms with van der Waals surface area (Å²) in [5, 5.41) is 0.892. The van der Waals surface area contributed by atoms with Crippen LogP contribution in [0.25, 0.3) is 0 Å². The van der Waals surface area contributed by atoms with Gasteiger partial charge in [-0.2, -0.15) is 0 Å². The van der Waals surface area contributed by atoms with Crippen molar-refractivity contribution in [3.05, 3.63) is 28.8 Å². The molecule has 0 aliphatic carbocycles. The Morgan fingerprint density at radius 2 is 2.15 bits per heavy atom. The Hall–Kier alpha value is -0.690. The van der Waals surface area contributed by atoms with Gasteiger partial charge in [0.05, 0.1) is 10.7 Å². The molecular weight excluding hydrogens is 182 g/mol. The van der Waals surface area contributed by atoms with Crippen molar-refractivity contribution in [1.82, 2.24) is 0 Å². The fraction of sp³-hybridized carbons (Fsp3) is 0.455. The second kappa shape index (κ2) is 3.22. The van der Waals surface area contributed by atoms with Gasteiger partial charge in [-0.15, -0.1) is 0 Å². The van der Waals surface area contributed by atoms with E-state index in [0.717, 1.165) is 18.0 Å². The predicted molar refractivity (Wildman–Crippen MR) is 57.6 cm³/mol. The van der Waals surface area contributed by atoms with E-state index in [2.05, 4.69) is 24.8 Å². The molecule has 0 radical (unpaired) electrons. The van der Waals surface area contributed by atoms with Crippen LogP contribution in [0.15, 0.2) is 18.2 Å². The quantitative estimate of drug-likeness (QED) is 0.666. The maximum absolute atomic E-state index is 6.17. The summed E-state index contributed by atoms with van der Waals surface area (Å²) in [6.45, 7) is 5.52. The molecule has 0 N–H and O–H groups in total. The Kier molecular flexibility index (Phi) is 2.20. The zero-order chi connectivity index (χ0) is 9.42. The monoisotopic (exact) mass is 195 g/mol. The summed E-state index contributed by atoms with van der Waals surface area (Å²) in [6.07, 6.45) is 1.13. The van der Waals surface area contributed by atoms with Gasteiger partial charge in [0.15, 0.2) is 0 Å². The molecule has 1 heterocycles. The van der Waals surface area contributed by atoms with E-state index in [9.17, 15) is 0 Å². The third-order valence-corrected chi connectivity index (χ3v) is 2.91. The zero-order valence-corrected chi connectivity index (χ0v) is 8.80. The summed E-state index contributed by atoms with van der Waals surface area (Å²) in [6, 6.07) is 6.72. The predicted octanol–water partition coefficient (Wildman–Crippen LogP) is 3.11. The van der Waals surface area contributed by atoms with E-state index < -0.39 is 0 Å². The molecule has 0 atom stereocenters. The molecule has 0 bridgehead atoms. The molecular formula is C11H14ClN. The Morgan fingerprint density at radius 3 is 2.85 bits per heavy atom. The highest BCUT2D eigenvalue weighted by atomic mass is 35.5. The van der Waals surface area contributed by atoms with Crippen molar-refractivity contribution in [2.24, 2.45) is 0 Å². The van der Waals surface area contributed by atoms with Crippen LogP contribution in [0.3, 0.4) is 0 Å². The fourth-order valence-electron chi connectivity index (χ4n) is 1.95. The summed E-state index contributed by atoms with van der Waals surface area (Å²) >= 11 is 6.17. The number of fused-ring (bicyclic) bond motifs is 1. The summed E-state index contributed by atoms with van der Waals surface area (Å²) < 4.78 is 0. The van der Waals surface area contributed by atoms with Crippen LogP contribution in [-0.2, 0) is 6.42 Å². The number of nitrogens with zero attached hydrogens (tertiary/aromatic N) is 1. The highest BCUT2D eigenvalue weighted by Crippen LogP contribution is 2.35. The molecule has 0 spiro atoms. The van der Waals surface area contributed by atoms with Crippen LogP contribution in [-0.4, -0.2) is 12.6 Å². The van der Waals surface area contributed by atoms with Gasteiger partial charge in [-0.25, -0.2) is 0 Å². The van der Waals surface area contributed by atoms with Crippen LogP contribution in [0.1, 0.15) is 19.4 Å². The first-order valence-electron chi connectivity index (χ1n) is 4.74. The average Bonchev–Trinajstić information content (AvgIpc) is 2.49. The molecule has 1 nitrogen and oxygen atoms in total. The van der Waals surface area contributed by atoms with E-state index in [4.69, 9.17) is 11.6 Å². The second-order valence-corrected chi connectivity index (χ2v) is 4.19. The van der Waals surface area contributed by atoms with E-state index in [0.29, 0.717) is 6.04 Å². The van der Waals surface area contributed by atoms with Crippen molar-refractivity contribution in [3.8, 4) is 0 Å². The molecule has 70 valence electrons. The van der Waals surface area contributed by atoms with Crippen LogP contribution < -0.4 is 4.90 Å². The van der Waals surface area contributed by atoms with E-state index >= 15 is 0 Å². The number of halogens is 1. The number of rotatable bonds is 1. The lowest BCUT2D eigenvalue weighted by molar-refractivity contribution is 0.710. The van der Waals surface area contributed by atoms with Gasteiger partial charge in [-0.1, -0.05) is 23.7 Å². The van der Waals surface area contributed by atoms with Crippen LogP contribution in [0.2, 0.25) is 5.02 Å². The molecule has 1 aliphatic rings. The zero-order valence-electron chi connectivity index (χ0n) is 8.05. The lowest BCUT2D eigenvalue weighted by atomic mass is 10.2. The van der Waals surface area contributed by atoms with Crippen LogP contribution in [0.4, 0.5) is 5.69 Å². The van der Waals surface area contributed by atoms with E-state index in [-0.39, 0.29) is 0 Å². The SMILES string of the molecule is CC(C)N1CCc2cccc(Cl)c21. The maximum Gasteiger partial charge on any atom is 0.0642 e. The summed E-state index contributed by atoms with van der Waals surface area (Å²) in [7, 11) is 0. The van der Waals surface area contributed by atoms with Crippen molar-refractivity contribution >= 4 is 17.3 Å².